The Bertz CT molecular complexity index is 681. The Morgan fingerprint density at radius 2 is 1.78 bits per heavy atom. The van der Waals surface area contributed by atoms with Gasteiger partial charge in [0.15, 0.2) is 0 Å². The number of carbonyl (C=O) groups is 2. The van der Waals surface area contributed by atoms with Crippen molar-refractivity contribution in [3.8, 4) is 5.75 Å². The van der Waals surface area contributed by atoms with Crippen LogP contribution in [0.3, 0.4) is 0 Å². The fourth-order valence-electron chi connectivity index (χ4n) is 2.03. The molecule has 0 atom stereocenters. The second-order valence-corrected chi connectivity index (χ2v) is 4.93. The summed E-state index contributed by atoms with van der Waals surface area (Å²) in [6.07, 6.45) is 1.33. The van der Waals surface area contributed by atoms with Gasteiger partial charge in [-0.1, -0.05) is 12.1 Å². The fourth-order valence-corrected chi connectivity index (χ4v) is 2.03. The van der Waals surface area contributed by atoms with Crippen LogP contribution in [0.15, 0.2) is 42.6 Å². The molecule has 23 heavy (non-hydrogen) atoms. The molecule has 0 radical (unpaired) electrons. The average Bonchev–Trinajstić information content (AvgIpc) is 2.61. The predicted octanol–water partition coefficient (Wildman–Crippen LogP) is 2.15. The molecule has 0 aliphatic rings. The van der Waals surface area contributed by atoms with Crippen molar-refractivity contribution in [1.82, 2.24) is 9.88 Å². The monoisotopic (exact) mass is 314 g/mol. The Labute approximate surface area is 134 Å². The van der Waals surface area contributed by atoms with Crippen LogP contribution in [0.4, 0.5) is 0 Å². The van der Waals surface area contributed by atoms with Crippen LogP contribution in [0.2, 0.25) is 0 Å². The highest BCUT2D eigenvalue weighted by atomic mass is 16.5. The summed E-state index contributed by atoms with van der Waals surface area (Å²) in [5.74, 6) is 0.0584. The Hall–Kier alpha value is -2.89. The zero-order chi connectivity index (χ0) is 16.8. The topological polar surface area (TPSA) is 68.7 Å². The summed E-state index contributed by atoms with van der Waals surface area (Å²) in [6.45, 7) is 0.448. The van der Waals surface area contributed by atoms with E-state index in [0.717, 1.165) is 11.3 Å². The van der Waals surface area contributed by atoms with Crippen molar-refractivity contribution in [3.63, 3.8) is 0 Å². The lowest BCUT2D eigenvalue weighted by atomic mass is 10.2. The van der Waals surface area contributed by atoms with Crippen molar-refractivity contribution in [2.75, 3.05) is 21.3 Å². The molecular weight excluding hydrogens is 296 g/mol. The number of pyridine rings is 1. The van der Waals surface area contributed by atoms with Gasteiger partial charge in [0.2, 0.25) is 0 Å². The third-order valence-electron chi connectivity index (χ3n) is 3.33. The number of rotatable bonds is 5. The van der Waals surface area contributed by atoms with E-state index in [1.54, 1.807) is 19.1 Å². The smallest absolute Gasteiger partial charge is 0.339 e. The number of hydrogen-bond acceptors (Lipinski definition) is 5. The molecule has 0 aliphatic carbocycles. The Morgan fingerprint density at radius 3 is 2.30 bits per heavy atom. The van der Waals surface area contributed by atoms with Crippen LogP contribution >= 0.6 is 0 Å². The van der Waals surface area contributed by atoms with E-state index < -0.39 is 5.97 Å². The van der Waals surface area contributed by atoms with E-state index in [2.05, 4.69) is 9.72 Å². The number of carbonyl (C=O) groups excluding carboxylic acids is 2. The molecule has 6 heteroatoms. The van der Waals surface area contributed by atoms with Crippen molar-refractivity contribution in [2.24, 2.45) is 0 Å². The van der Waals surface area contributed by atoms with Gasteiger partial charge in [-0.05, 0) is 29.8 Å². The Balaban J connectivity index is 2.05. The van der Waals surface area contributed by atoms with Crippen LogP contribution in [0.25, 0.3) is 0 Å². The molecule has 0 fully saturated rings. The maximum atomic E-state index is 12.3. The summed E-state index contributed by atoms with van der Waals surface area (Å²) in [6, 6.07) is 10.5. The molecule has 0 aliphatic heterocycles. The van der Waals surface area contributed by atoms with E-state index in [-0.39, 0.29) is 11.6 Å². The summed E-state index contributed by atoms with van der Waals surface area (Å²) >= 11 is 0. The van der Waals surface area contributed by atoms with Gasteiger partial charge >= 0.3 is 5.97 Å². The molecule has 6 nitrogen and oxygen atoms in total. The van der Waals surface area contributed by atoms with Gasteiger partial charge in [-0.15, -0.1) is 0 Å². The average molecular weight is 314 g/mol. The molecule has 0 unspecified atom stereocenters. The molecule has 120 valence electrons. The highest BCUT2D eigenvalue weighted by Crippen LogP contribution is 2.13. The summed E-state index contributed by atoms with van der Waals surface area (Å²) < 4.78 is 9.70. The van der Waals surface area contributed by atoms with Crippen molar-refractivity contribution in [1.29, 1.82) is 0 Å². The zero-order valence-electron chi connectivity index (χ0n) is 13.3. The minimum Gasteiger partial charge on any atom is -0.497 e. The standard InChI is InChI=1S/C17H18N2O4/c1-19(11-12-4-7-14(22-2)8-5-12)16(20)15-9-6-13(10-18-15)17(21)23-3/h4-10H,11H2,1-3H3. The van der Waals surface area contributed by atoms with Gasteiger partial charge in [-0.25, -0.2) is 4.79 Å². The molecule has 1 amide bonds. The molecule has 1 heterocycles. The van der Waals surface area contributed by atoms with Crippen molar-refractivity contribution >= 4 is 11.9 Å². The maximum Gasteiger partial charge on any atom is 0.339 e. The molecule has 0 N–H and O–H groups in total. The second kappa shape index (κ2) is 7.40. The van der Waals surface area contributed by atoms with Gasteiger partial charge in [-0.2, -0.15) is 0 Å². The van der Waals surface area contributed by atoms with Gasteiger partial charge in [0.25, 0.3) is 5.91 Å². The molecule has 0 saturated carbocycles. The van der Waals surface area contributed by atoms with Crippen LogP contribution in [0.1, 0.15) is 26.4 Å². The van der Waals surface area contributed by atoms with Gasteiger partial charge < -0.3 is 14.4 Å². The highest BCUT2D eigenvalue weighted by molar-refractivity contribution is 5.94. The quantitative estimate of drug-likeness (QED) is 0.791. The molecule has 1 aromatic carbocycles. The third-order valence-corrected chi connectivity index (χ3v) is 3.33. The number of ether oxygens (including phenoxy) is 2. The van der Waals surface area contributed by atoms with Crippen molar-refractivity contribution in [2.45, 2.75) is 6.54 Å². The van der Waals surface area contributed by atoms with Crippen LogP contribution < -0.4 is 4.74 Å². The SMILES string of the molecule is COC(=O)c1ccc(C(=O)N(C)Cc2ccc(OC)cc2)nc1. The number of amides is 1. The maximum absolute atomic E-state index is 12.3. The van der Waals surface area contributed by atoms with E-state index in [1.807, 2.05) is 24.3 Å². The molecule has 0 bridgehead atoms. The second-order valence-electron chi connectivity index (χ2n) is 4.93. The summed E-state index contributed by atoms with van der Waals surface area (Å²) in [7, 11) is 4.60. The zero-order valence-corrected chi connectivity index (χ0v) is 13.3. The molecular formula is C17H18N2O4. The van der Waals surface area contributed by atoms with E-state index in [1.165, 1.54) is 25.4 Å². The number of aromatic nitrogens is 1. The van der Waals surface area contributed by atoms with Crippen LogP contribution in [-0.2, 0) is 11.3 Å². The number of nitrogens with zero attached hydrogens (tertiary/aromatic N) is 2. The molecule has 0 saturated heterocycles. The normalized spacial score (nSPS) is 10.0. The lowest BCUT2D eigenvalue weighted by molar-refractivity contribution is 0.0599. The molecule has 2 aromatic rings. The highest BCUT2D eigenvalue weighted by Gasteiger charge is 2.15. The Kier molecular flexibility index (Phi) is 5.30. The largest absolute Gasteiger partial charge is 0.497 e. The summed E-state index contributed by atoms with van der Waals surface area (Å²) in [4.78, 5) is 29.3. The number of esters is 1. The molecule has 1 aromatic heterocycles. The molecule has 2 rings (SSSR count). The van der Waals surface area contributed by atoms with E-state index in [9.17, 15) is 9.59 Å². The molecule has 0 spiro atoms. The van der Waals surface area contributed by atoms with Gasteiger partial charge in [0, 0.05) is 19.8 Å². The van der Waals surface area contributed by atoms with Crippen LogP contribution in [-0.4, -0.2) is 43.0 Å². The number of hydrogen-bond donors (Lipinski definition) is 0. The lowest BCUT2D eigenvalue weighted by Crippen LogP contribution is -2.27. The first kappa shape index (κ1) is 16.5. The fraction of sp³-hybridized carbons (Fsp3) is 0.235. The van der Waals surface area contributed by atoms with E-state index in [0.29, 0.717) is 12.1 Å². The lowest BCUT2D eigenvalue weighted by Gasteiger charge is -2.17. The van der Waals surface area contributed by atoms with Crippen molar-refractivity contribution in [3.05, 3.63) is 59.4 Å². The predicted molar refractivity (Wildman–Crippen MR) is 84.4 cm³/mol. The van der Waals surface area contributed by atoms with E-state index >= 15 is 0 Å². The summed E-state index contributed by atoms with van der Waals surface area (Å²) in [5.41, 5.74) is 1.56. The van der Waals surface area contributed by atoms with E-state index in [4.69, 9.17) is 4.74 Å². The first-order chi connectivity index (χ1) is 11.0. The van der Waals surface area contributed by atoms with Crippen LogP contribution in [0, 0.1) is 0 Å². The first-order valence-corrected chi connectivity index (χ1v) is 6.98. The van der Waals surface area contributed by atoms with Crippen molar-refractivity contribution < 1.29 is 19.1 Å². The number of methoxy groups -OCH3 is 2. The van der Waals surface area contributed by atoms with Gasteiger partial charge in [0.05, 0.1) is 19.8 Å². The summed E-state index contributed by atoms with van der Waals surface area (Å²) in [5, 5.41) is 0. The first-order valence-electron chi connectivity index (χ1n) is 6.98. The number of benzene rings is 1. The Morgan fingerprint density at radius 1 is 1.09 bits per heavy atom. The third kappa shape index (κ3) is 4.06. The minimum atomic E-state index is -0.483. The van der Waals surface area contributed by atoms with Crippen LogP contribution in [0.5, 0.6) is 5.75 Å². The van der Waals surface area contributed by atoms with Gasteiger partial charge in [0.1, 0.15) is 11.4 Å². The van der Waals surface area contributed by atoms with Gasteiger partial charge in [-0.3, -0.25) is 9.78 Å². The minimum absolute atomic E-state index is 0.225.